The van der Waals surface area contributed by atoms with Crippen LogP contribution in [0.1, 0.15) is 0 Å². The van der Waals surface area contributed by atoms with Crippen LogP contribution < -0.4 is 4.57 Å². The van der Waals surface area contributed by atoms with Crippen molar-refractivity contribution in [1.82, 2.24) is 4.57 Å². The normalized spacial score (nSPS) is 8.25. The molecule has 0 aliphatic rings. The topological polar surface area (TPSA) is 8.81 Å². The molecule has 38 valence electrons. The van der Waals surface area contributed by atoms with Gasteiger partial charge < -0.3 is 0 Å². The van der Waals surface area contributed by atoms with Crippen molar-refractivity contribution < 1.29 is 4.57 Å². The van der Waals surface area contributed by atoms with E-state index in [1.165, 1.54) is 0 Å². The molecule has 0 spiro atoms. The van der Waals surface area contributed by atoms with Crippen LogP contribution in [0.15, 0.2) is 18.7 Å². The van der Waals surface area contributed by atoms with Gasteiger partial charge in [-0.15, -0.1) is 0 Å². The summed E-state index contributed by atoms with van der Waals surface area (Å²) >= 11 is 0. The molecule has 0 N–H and O–H groups in total. The van der Waals surface area contributed by atoms with Crippen LogP contribution >= 0.6 is 0 Å². The van der Waals surface area contributed by atoms with Crippen LogP contribution in [-0.4, -0.2) is 4.57 Å². The van der Waals surface area contributed by atoms with Crippen molar-refractivity contribution in [3.8, 4) is 0 Å². The summed E-state index contributed by atoms with van der Waals surface area (Å²) in [6.07, 6.45) is 6.00. The van der Waals surface area contributed by atoms with Gasteiger partial charge in [-0.25, -0.2) is 9.13 Å². The number of aromatic nitrogens is 2. The van der Waals surface area contributed by atoms with Crippen molar-refractivity contribution >= 4 is 0 Å². The van der Waals surface area contributed by atoms with Gasteiger partial charge >= 0.3 is 7.43 Å². The average Bonchev–Trinajstić information content (AvgIpc) is 1.87. The Labute approximate surface area is 50.4 Å². The van der Waals surface area contributed by atoms with Gasteiger partial charge in [0.2, 0.25) is 6.33 Å². The molecule has 0 saturated carbocycles. The Morgan fingerprint density at radius 1 is 1.50 bits per heavy atom. The molecule has 0 amide bonds. The molecule has 1 rings (SSSR count). The summed E-state index contributed by atoms with van der Waals surface area (Å²) in [7, 11) is 4.00. The van der Waals surface area contributed by atoms with Gasteiger partial charge in [0.1, 0.15) is 12.4 Å². The van der Waals surface area contributed by atoms with Gasteiger partial charge in [0.05, 0.1) is 14.1 Å². The van der Waals surface area contributed by atoms with Crippen LogP contribution in [0, 0.1) is 7.43 Å². The van der Waals surface area contributed by atoms with Gasteiger partial charge in [-0.2, -0.15) is 0 Å². The Kier molecular flexibility index (Phi) is 2.25. The van der Waals surface area contributed by atoms with Crippen molar-refractivity contribution in [3.05, 3.63) is 26.1 Å². The Bertz CT molecular complexity index is 139. The van der Waals surface area contributed by atoms with Crippen LogP contribution in [0.25, 0.3) is 0 Å². The second-order valence-electron chi connectivity index (χ2n) is 1.74. The summed E-state index contributed by atoms with van der Waals surface area (Å²) in [5, 5.41) is 0. The fraction of sp³-hybridized carbons (Fsp3) is 0.333. The van der Waals surface area contributed by atoms with E-state index in [0.29, 0.717) is 0 Å². The smallest absolute Gasteiger partial charge is 0.240 e. The number of hydrogen-bond acceptors (Lipinski definition) is 0. The quantitative estimate of drug-likeness (QED) is 0.412. The maximum absolute atomic E-state index is 2.00. The zero-order valence-electron chi connectivity index (χ0n) is 5.13. The van der Waals surface area contributed by atoms with Crippen LogP contribution in [-0.2, 0) is 14.1 Å². The zero-order valence-corrected chi connectivity index (χ0v) is 5.13. The molecule has 8 heavy (non-hydrogen) atoms. The minimum Gasteiger partial charge on any atom is -0.240 e. The van der Waals surface area contributed by atoms with Gasteiger partial charge in [-0.05, 0) is 0 Å². The largest absolute Gasteiger partial charge is 4.00 e. The molecule has 0 aromatic carbocycles. The second-order valence-corrected chi connectivity index (χ2v) is 1.74. The third kappa shape index (κ3) is 1.37. The first-order chi connectivity index (χ1) is 3.29. The van der Waals surface area contributed by atoms with Gasteiger partial charge in [0.15, 0.2) is 0 Å². The van der Waals surface area contributed by atoms with Gasteiger partial charge in [-0.3, -0.25) is 0 Å². The molecule has 0 atom stereocenters. The molecule has 2 heteroatoms. The van der Waals surface area contributed by atoms with E-state index in [9.17, 15) is 0 Å². The summed E-state index contributed by atoms with van der Waals surface area (Å²) in [6.45, 7) is 0. The summed E-state index contributed by atoms with van der Waals surface area (Å²) in [5.74, 6) is 0. The van der Waals surface area contributed by atoms with Crippen LogP contribution in [0.5, 0.6) is 0 Å². The Morgan fingerprint density at radius 2 is 2.12 bits per heavy atom. The SMILES string of the molecule is Cn1cc[n+](C)c1.[C+4]. The van der Waals surface area contributed by atoms with Crippen LogP contribution in [0.2, 0.25) is 0 Å². The van der Waals surface area contributed by atoms with E-state index in [4.69, 9.17) is 0 Å². The molecule has 2 nitrogen and oxygen atoms in total. The standard InChI is InChI=1S/C5H9N2.C/c1-6-3-4-7(2)5-6;/h3-5H,1-2H3;/q+1;+4. The number of imidazole rings is 1. The van der Waals surface area contributed by atoms with Gasteiger partial charge in [0.25, 0.3) is 0 Å². The first-order valence-electron chi connectivity index (χ1n) is 2.26. The maximum Gasteiger partial charge on any atom is 4.00 e. The molecule has 0 saturated heterocycles. The molecular formula is C6H9N2+5. The Hall–Kier alpha value is -0.790. The molecule has 0 unspecified atom stereocenters. The van der Waals surface area contributed by atoms with Crippen LogP contribution in [0.3, 0.4) is 0 Å². The molecule has 1 aromatic rings. The summed E-state index contributed by atoms with van der Waals surface area (Å²) in [5.41, 5.74) is 0. The van der Waals surface area contributed by atoms with E-state index in [1.54, 1.807) is 0 Å². The Morgan fingerprint density at radius 3 is 2.25 bits per heavy atom. The number of hydrogen-bond donors (Lipinski definition) is 0. The second kappa shape index (κ2) is 2.50. The molecular weight excluding hydrogens is 100 g/mol. The minimum absolute atomic E-state index is 0. The van der Waals surface area contributed by atoms with E-state index >= 15 is 0 Å². The molecule has 0 aliphatic carbocycles. The summed E-state index contributed by atoms with van der Waals surface area (Å²) < 4.78 is 4.00. The number of rotatable bonds is 0. The van der Waals surface area contributed by atoms with Gasteiger partial charge in [-0.1, -0.05) is 0 Å². The van der Waals surface area contributed by atoms with Crippen molar-refractivity contribution in [2.75, 3.05) is 0 Å². The summed E-state index contributed by atoms with van der Waals surface area (Å²) in [4.78, 5) is 0. The zero-order chi connectivity index (χ0) is 5.28. The molecule has 0 fully saturated rings. The third-order valence-electron chi connectivity index (χ3n) is 0.901. The van der Waals surface area contributed by atoms with E-state index in [0.717, 1.165) is 0 Å². The molecule has 1 aromatic heterocycles. The Balaban J connectivity index is 0.000000490. The maximum atomic E-state index is 2.00. The number of aryl methyl sites for hydroxylation is 2. The third-order valence-corrected chi connectivity index (χ3v) is 0.901. The van der Waals surface area contributed by atoms with E-state index in [-0.39, 0.29) is 7.43 Å². The first-order valence-corrected chi connectivity index (χ1v) is 2.26. The van der Waals surface area contributed by atoms with Crippen LogP contribution in [0.4, 0.5) is 0 Å². The van der Waals surface area contributed by atoms with Crippen molar-refractivity contribution in [3.63, 3.8) is 0 Å². The monoisotopic (exact) mass is 109 g/mol. The van der Waals surface area contributed by atoms with Crippen molar-refractivity contribution in [2.24, 2.45) is 14.1 Å². The number of nitrogens with zero attached hydrogens (tertiary/aromatic N) is 2. The van der Waals surface area contributed by atoms with Crippen molar-refractivity contribution in [2.45, 2.75) is 0 Å². The fourth-order valence-electron chi connectivity index (χ4n) is 0.575. The molecule has 0 bridgehead atoms. The molecule has 0 radical (unpaired) electrons. The van der Waals surface area contributed by atoms with E-state index in [1.807, 2.05) is 42.0 Å². The molecule has 0 aliphatic heterocycles. The predicted molar refractivity (Wildman–Crippen MR) is 29.8 cm³/mol. The molecule has 1 heterocycles. The van der Waals surface area contributed by atoms with E-state index in [2.05, 4.69) is 0 Å². The summed E-state index contributed by atoms with van der Waals surface area (Å²) in [6, 6.07) is 0. The van der Waals surface area contributed by atoms with Crippen molar-refractivity contribution in [1.29, 1.82) is 0 Å². The predicted octanol–water partition coefficient (Wildman–Crippen LogP) is -0.0691. The minimum atomic E-state index is 0. The first kappa shape index (κ1) is 7.21. The van der Waals surface area contributed by atoms with Gasteiger partial charge in [0, 0.05) is 0 Å². The fourth-order valence-corrected chi connectivity index (χ4v) is 0.575. The average molecular weight is 109 g/mol. The van der Waals surface area contributed by atoms with E-state index < -0.39 is 0 Å².